The van der Waals surface area contributed by atoms with Crippen molar-refractivity contribution in [2.24, 2.45) is 5.92 Å². The predicted molar refractivity (Wildman–Crippen MR) is 112 cm³/mol. The van der Waals surface area contributed by atoms with Gasteiger partial charge in [0.15, 0.2) is 0 Å². The Morgan fingerprint density at radius 1 is 1.14 bits per heavy atom. The van der Waals surface area contributed by atoms with E-state index in [0.29, 0.717) is 18.2 Å². The number of hydrogen-bond donors (Lipinski definition) is 2. The Kier molecular flexibility index (Phi) is 7.23. The van der Waals surface area contributed by atoms with Gasteiger partial charge in [0, 0.05) is 45.0 Å². The molecule has 0 aliphatic carbocycles. The Balaban J connectivity index is 1.56. The summed E-state index contributed by atoms with van der Waals surface area (Å²) in [6.07, 6.45) is 0.897. The zero-order chi connectivity index (χ0) is 19.9. The molecule has 0 bridgehead atoms. The number of carbonyl (C=O) groups is 1. The summed E-state index contributed by atoms with van der Waals surface area (Å²) < 4.78 is 0. The minimum atomic E-state index is -0.127. The highest BCUT2D eigenvalue weighted by Crippen LogP contribution is 2.14. The number of piperazine rings is 1. The first-order chi connectivity index (χ1) is 13.5. The van der Waals surface area contributed by atoms with Gasteiger partial charge in [-0.05, 0) is 36.1 Å². The predicted octanol–water partition coefficient (Wildman–Crippen LogP) is 2.68. The quantitative estimate of drug-likeness (QED) is 0.736. The van der Waals surface area contributed by atoms with Crippen LogP contribution in [0.4, 0.5) is 0 Å². The summed E-state index contributed by atoms with van der Waals surface area (Å²) in [6, 6.07) is 10.2. The lowest BCUT2D eigenvalue weighted by molar-refractivity contribution is 0.0945. The molecule has 3 rings (SSSR count). The fourth-order valence-corrected chi connectivity index (χ4v) is 3.68. The summed E-state index contributed by atoms with van der Waals surface area (Å²) in [7, 11) is 0. The van der Waals surface area contributed by atoms with Crippen LogP contribution in [0.15, 0.2) is 30.3 Å². The van der Waals surface area contributed by atoms with Gasteiger partial charge < -0.3 is 10.2 Å². The van der Waals surface area contributed by atoms with Crippen LogP contribution in [-0.2, 0) is 19.5 Å². The maximum atomic E-state index is 12.5. The van der Waals surface area contributed by atoms with E-state index >= 15 is 0 Å². The van der Waals surface area contributed by atoms with Gasteiger partial charge in [0.2, 0.25) is 0 Å². The summed E-state index contributed by atoms with van der Waals surface area (Å²) in [5.41, 5.74) is 3.93. The van der Waals surface area contributed by atoms with E-state index in [2.05, 4.69) is 64.3 Å². The third-order valence-electron chi connectivity index (χ3n) is 5.36. The van der Waals surface area contributed by atoms with Crippen LogP contribution in [0, 0.1) is 5.92 Å². The van der Waals surface area contributed by atoms with Crippen molar-refractivity contribution in [3.63, 3.8) is 0 Å². The average molecular weight is 384 g/mol. The van der Waals surface area contributed by atoms with Crippen LogP contribution >= 0.6 is 0 Å². The number of H-pyrrole nitrogens is 1. The highest BCUT2D eigenvalue weighted by molar-refractivity contribution is 5.92. The minimum absolute atomic E-state index is 0.127. The molecule has 28 heavy (non-hydrogen) atoms. The molecule has 0 atom stereocenters. The maximum Gasteiger partial charge on any atom is 0.272 e. The van der Waals surface area contributed by atoms with Crippen LogP contribution in [0.3, 0.4) is 0 Å². The second kappa shape index (κ2) is 9.85. The molecule has 0 unspecified atom stereocenters. The molecule has 152 valence electrons. The van der Waals surface area contributed by atoms with Gasteiger partial charge in [0.1, 0.15) is 5.69 Å². The second-order valence-corrected chi connectivity index (χ2v) is 8.04. The zero-order valence-corrected chi connectivity index (χ0v) is 17.4. The van der Waals surface area contributed by atoms with E-state index in [1.54, 1.807) is 0 Å². The van der Waals surface area contributed by atoms with Gasteiger partial charge in [0.25, 0.3) is 5.91 Å². The molecule has 1 aliphatic heterocycles. The van der Waals surface area contributed by atoms with Gasteiger partial charge in [-0.2, -0.15) is 5.10 Å². The Bertz CT molecular complexity index is 762. The van der Waals surface area contributed by atoms with Crippen molar-refractivity contribution in [2.45, 2.75) is 40.3 Å². The average Bonchev–Trinajstić information content (AvgIpc) is 3.15. The Hall–Kier alpha value is -2.18. The number of hydrogen-bond acceptors (Lipinski definition) is 4. The van der Waals surface area contributed by atoms with E-state index in [-0.39, 0.29) is 5.91 Å². The second-order valence-electron chi connectivity index (χ2n) is 8.04. The van der Waals surface area contributed by atoms with Gasteiger partial charge in [-0.3, -0.25) is 14.8 Å². The van der Waals surface area contributed by atoms with Crippen molar-refractivity contribution in [1.29, 1.82) is 0 Å². The summed E-state index contributed by atoms with van der Waals surface area (Å²) in [6.45, 7) is 13.6. The number of benzene rings is 1. The van der Waals surface area contributed by atoms with Gasteiger partial charge in [-0.15, -0.1) is 0 Å². The van der Waals surface area contributed by atoms with E-state index in [0.717, 1.165) is 51.4 Å². The number of aromatic amines is 1. The molecule has 1 aromatic carbocycles. The SMILES string of the molecule is CCN1CCN(Cc2ccccc2CNC(=O)c2cc(CC(C)C)[nH]n2)CC1. The standard InChI is InChI=1S/C22H33N5O/c1-4-26-9-11-27(12-10-26)16-19-8-6-5-7-18(19)15-23-22(28)21-14-20(24-25-21)13-17(2)3/h5-8,14,17H,4,9-13,15-16H2,1-3H3,(H,23,28)(H,24,25). The topological polar surface area (TPSA) is 64.3 Å². The largest absolute Gasteiger partial charge is 0.347 e. The van der Waals surface area contributed by atoms with E-state index in [4.69, 9.17) is 0 Å². The molecular weight excluding hydrogens is 350 g/mol. The van der Waals surface area contributed by atoms with Crippen LogP contribution in [-0.4, -0.2) is 58.6 Å². The van der Waals surface area contributed by atoms with E-state index in [1.807, 2.05) is 12.1 Å². The van der Waals surface area contributed by atoms with Crippen LogP contribution < -0.4 is 5.32 Å². The van der Waals surface area contributed by atoms with Crippen LogP contribution in [0.5, 0.6) is 0 Å². The molecule has 1 aromatic heterocycles. The lowest BCUT2D eigenvalue weighted by Crippen LogP contribution is -2.45. The van der Waals surface area contributed by atoms with Crippen molar-refractivity contribution in [3.05, 3.63) is 52.8 Å². The number of aromatic nitrogens is 2. The monoisotopic (exact) mass is 383 g/mol. The third-order valence-corrected chi connectivity index (χ3v) is 5.36. The molecule has 6 heteroatoms. The number of rotatable bonds is 8. The fraction of sp³-hybridized carbons (Fsp3) is 0.545. The molecule has 1 aliphatic rings. The Labute approximate surface area is 168 Å². The number of nitrogens with zero attached hydrogens (tertiary/aromatic N) is 3. The lowest BCUT2D eigenvalue weighted by atomic mass is 10.1. The highest BCUT2D eigenvalue weighted by atomic mass is 16.1. The van der Waals surface area contributed by atoms with E-state index < -0.39 is 0 Å². The number of nitrogens with one attached hydrogen (secondary N) is 2. The van der Waals surface area contributed by atoms with Crippen molar-refractivity contribution in [3.8, 4) is 0 Å². The Morgan fingerprint density at radius 3 is 2.50 bits per heavy atom. The fourth-order valence-electron chi connectivity index (χ4n) is 3.68. The number of likely N-dealkylation sites (N-methyl/N-ethyl adjacent to an activating group) is 1. The van der Waals surface area contributed by atoms with Crippen LogP contribution in [0.1, 0.15) is 48.1 Å². The summed E-state index contributed by atoms with van der Waals surface area (Å²) in [4.78, 5) is 17.5. The highest BCUT2D eigenvalue weighted by Gasteiger charge is 2.17. The number of amides is 1. The maximum absolute atomic E-state index is 12.5. The van der Waals surface area contributed by atoms with Crippen molar-refractivity contribution in [1.82, 2.24) is 25.3 Å². The normalized spacial score (nSPS) is 15.9. The molecule has 0 radical (unpaired) electrons. The zero-order valence-electron chi connectivity index (χ0n) is 17.4. The summed E-state index contributed by atoms with van der Waals surface area (Å²) in [5.74, 6) is 0.403. The van der Waals surface area contributed by atoms with Gasteiger partial charge in [0.05, 0.1) is 0 Å². The molecule has 1 amide bonds. The van der Waals surface area contributed by atoms with Gasteiger partial charge >= 0.3 is 0 Å². The lowest BCUT2D eigenvalue weighted by Gasteiger charge is -2.34. The molecule has 1 fully saturated rings. The van der Waals surface area contributed by atoms with Crippen LogP contribution in [0.2, 0.25) is 0 Å². The minimum Gasteiger partial charge on any atom is -0.347 e. The van der Waals surface area contributed by atoms with Crippen molar-refractivity contribution >= 4 is 5.91 Å². The first-order valence-electron chi connectivity index (χ1n) is 10.4. The van der Waals surface area contributed by atoms with Crippen molar-refractivity contribution < 1.29 is 4.79 Å². The first-order valence-corrected chi connectivity index (χ1v) is 10.4. The molecule has 1 saturated heterocycles. The first kappa shape index (κ1) is 20.6. The van der Waals surface area contributed by atoms with Gasteiger partial charge in [-0.25, -0.2) is 0 Å². The van der Waals surface area contributed by atoms with E-state index in [1.165, 1.54) is 11.1 Å². The molecule has 6 nitrogen and oxygen atoms in total. The summed E-state index contributed by atoms with van der Waals surface area (Å²) >= 11 is 0. The number of carbonyl (C=O) groups excluding carboxylic acids is 1. The molecule has 2 aromatic rings. The van der Waals surface area contributed by atoms with E-state index in [9.17, 15) is 4.79 Å². The summed E-state index contributed by atoms with van der Waals surface area (Å²) in [5, 5.41) is 10.2. The molecule has 0 saturated carbocycles. The molecule has 2 N–H and O–H groups in total. The van der Waals surface area contributed by atoms with Crippen LogP contribution in [0.25, 0.3) is 0 Å². The Morgan fingerprint density at radius 2 is 1.82 bits per heavy atom. The van der Waals surface area contributed by atoms with Gasteiger partial charge in [-0.1, -0.05) is 45.0 Å². The smallest absolute Gasteiger partial charge is 0.272 e. The molecular formula is C22H33N5O. The van der Waals surface area contributed by atoms with Crippen molar-refractivity contribution in [2.75, 3.05) is 32.7 Å². The molecule has 0 spiro atoms. The third kappa shape index (κ3) is 5.66. The molecule has 2 heterocycles.